The molecule has 0 aliphatic heterocycles. The van der Waals surface area contributed by atoms with Gasteiger partial charge >= 0.3 is 5.69 Å². The van der Waals surface area contributed by atoms with Crippen LogP contribution >= 0.6 is 0 Å². The fourth-order valence-corrected chi connectivity index (χ4v) is 2.43. The second-order valence-electron chi connectivity index (χ2n) is 5.89. The van der Waals surface area contributed by atoms with Crippen molar-refractivity contribution in [3.05, 3.63) is 51.2 Å². The minimum absolute atomic E-state index is 0.112. The fraction of sp³-hybridized carbons (Fsp3) is 0.235. The van der Waals surface area contributed by atoms with Gasteiger partial charge in [0.25, 0.3) is 5.56 Å². The van der Waals surface area contributed by atoms with Crippen LogP contribution in [0.2, 0.25) is 0 Å². The molecule has 0 aliphatic rings. The molecule has 1 N–H and O–H groups in total. The van der Waals surface area contributed by atoms with E-state index in [-0.39, 0.29) is 17.7 Å². The van der Waals surface area contributed by atoms with Gasteiger partial charge in [-0.05, 0) is 24.6 Å². The van der Waals surface area contributed by atoms with E-state index in [1.807, 2.05) is 32.0 Å². The number of nitrogens with zero attached hydrogens (tertiary/aromatic N) is 5. The topological polar surface area (TPSA) is 96.2 Å². The number of benzene rings is 1. The third kappa shape index (κ3) is 3.06. The van der Waals surface area contributed by atoms with E-state index in [4.69, 9.17) is 0 Å². The van der Waals surface area contributed by atoms with Crippen LogP contribution in [0, 0.1) is 6.92 Å². The van der Waals surface area contributed by atoms with Crippen molar-refractivity contribution < 1.29 is 0 Å². The van der Waals surface area contributed by atoms with Crippen molar-refractivity contribution in [2.75, 3.05) is 14.1 Å². The number of allylic oxidation sites excluding steroid dienone is 1. The number of aromatic amines is 1. The van der Waals surface area contributed by atoms with Crippen LogP contribution in [-0.2, 0) is 6.54 Å². The second kappa shape index (κ2) is 6.31. The molecule has 8 heteroatoms. The Labute approximate surface area is 143 Å². The average molecular weight is 338 g/mol. The van der Waals surface area contributed by atoms with Gasteiger partial charge < -0.3 is 4.90 Å². The van der Waals surface area contributed by atoms with Crippen LogP contribution < -0.4 is 11.2 Å². The lowest BCUT2D eigenvalue weighted by atomic mass is 10.1. The van der Waals surface area contributed by atoms with E-state index in [1.54, 1.807) is 12.4 Å². The molecular formula is C17H18N6O2. The highest BCUT2D eigenvalue weighted by atomic mass is 16.2. The molecule has 0 saturated carbocycles. The molecule has 0 aliphatic carbocycles. The standard InChI is InChI=1S/C17H18N6O2/c1-5-6-23-16(24)14-15(21-17(23)25)20-13-8-11(18-9-22(3)4)10(2)7-12(13)19-14/h5,7-9H,1,6H2,2-4H3,(H,20,21,25). The normalized spacial score (nSPS) is 11.5. The summed E-state index contributed by atoms with van der Waals surface area (Å²) in [4.78, 5) is 42.1. The summed E-state index contributed by atoms with van der Waals surface area (Å²) in [5.41, 5.74) is 2.05. The summed E-state index contributed by atoms with van der Waals surface area (Å²) in [7, 11) is 3.76. The molecule has 0 bridgehead atoms. The fourth-order valence-electron chi connectivity index (χ4n) is 2.43. The summed E-state index contributed by atoms with van der Waals surface area (Å²) >= 11 is 0. The van der Waals surface area contributed by atoms with Crippen LogP contribution in [0.1, 0.15) is 5.56 Å². The van der Waals surface area contributed by atoms with Gasteiger partial charge in [0.2, 0.25) is 0 Å². The Morgan fingerprint density at radius 1 is 1.28 bits per heavy atom. The maximum absolute atomic E-state index is 12.5. The van der Waals surface area contributed by atoms with E-state index in [0.717, 1.165) is 15.8 Å². The summed E-state index contributed by atoms with van der Waals surface area (Å²) in [6.45, 7) is 5.58. The number of H-pyrrole nitrogens is 1. The smallest absolute Gasteiger partial charge is 0.330 e. The molecule has 128 valence electrons. The second-order valence-corrected chi connectivity index (χ2v) is 5.89. The first-order valence-electron chi connectivity index (χ1n) is 7.67. The van der Waals surface area contributed by atoms with Crippen LogP contribution in [-0.4, -0.2) is 44.9 Å². The maximum Gasteiger partial charge on any atom is 0.330 e. The summed E-state index contributed by atoms with van der Waals surface area (Å²) in [6.07, 6.45) is 3.18. The van der Waals surface area contributed by atoms with Crippen molar-refractivity contribution in [2.24, 2.45) is 4.99 Å². The quantitative estimate of drug-likeness (QED) is 0.335. The number of hydrogen-bond acceptors (Lipinski definition) is 5. The lowest BCUT2D eigenvalue weighted by Crippen LogP contribution is -2.35. The van der Waals surface area contributed by atoms with Crippen LogP contribution in [0.4, 0.5) is 5.69 Å². The minimum Gasteiger partial charge on any atom is -0.369 e. The third-order valence-corrected chi connectivity index (χ3v) is 3.64. The Bertz CT molecular complexity index is 1120. The van der Waals surface area contributed by atoms with Gasteiger partial charge in [-0.1, -0.05) is 6.08 Å². The molecule has 3 aromatic rings. The molecule has 25 heavy (non-hydrogen) atoms. The third-order valence-electron chi connectivity index (χ3n) is 3.64. The van der Waals surface area contributed by atoms with Crippen molar-refractivity contribution >= 4 is 34.2 Å². The van der Waals surface area contributed by atoms with Crippen LogP contribution in [0.5, 0.6) is 0 Å². The van der Waals surface area contributed by atoms with Gasteiger partial charge in [0, 0.05) is 20.6 Å². The van der Waals surface area contributed by atoms with Crippen molar-refractivity contribution in [3.8, 4) is 0 Å². The zero-order chi connectivity index (χ0) is 18.1. The van der Waals surface area contributed by atoms with E-state index < -0.39 is 11.2 Å². The number of aliphatic imine (C=N–C) groups is 1. The predicted molar refractivity (Wildman–Crippen MR) is 98.7 cm³/mol. The number of aryl methyl sites for hydroxylation is 1. The van der Waals surface area contributed by atoms with Crippen LogP contribution in [0.15, 0.2) is 39.4 Å². The Morgan fingerprint density at radius 2 is 2.00 bits per heavy atom. The first-order chi connectivity index (χ1) is 11.9. The molecule has 2 heterocycles. The summed E-state index contributed by atoms with van der Waals surface area (Å²) < 4.78 is 1.04. The van der Waals surface area contributed by atoms with Crippen LogP contribution in [0.25, 0.3) is 22.2 Å². The average Bonchev–Trinajstić information content (AvgIpc) is 2.55. The molecular weight excluding hydrogens is 320 g/mol. The summed E-state index contributed by atoms with van der Waals surface area (Å²) in [5.74, 6) is 0. The molecule has 0 amide bonds. The predicted octanol–water partition coefficient (Wildman–Crippen LogP) is 1.35. The van der Waals surface area contributed by atoms with Gasteiger partial charge in [-0.2, -0.15) is 0 Å². The number of fused-ring (bicyclic) bond motifs is 2. The van der Waals surface area contributed by atoms with Crippen LogP contribution in [0.3, 0.4) is 0 Å². The monoisotopic (exact) mass is 338 g/mol. The molecule has 0 atom stereocenters. The van der Waals surface area contributed by atoms with Crippen molar-refractivity contribution in [1.82, 2.24) is 24.4 Å². The van der Waals surface area contributed by atoms with Crippen molar-refractivity contribution in [2.45, 2.75) is 13.5 Å². The molecule has 0 saturated heterocycles. The summed E-state index contributed by atoms with van der Waals surface area (Å²) in [6, 6.07) is 3.61. The molecule has 1 aromatic carbocycles. The van der Waals surface area contributed by atoms with E-state index in [2.05, 4.69) is 26.5 Å². The number of rotatable bonds is 4. The lowest BCUT2D eigenvalue weighted by Gasteiger charge is -2.07. The highest BCUT2D eigenvalue weighted by Gasteiger charge is 2.12. The number of aromatic nitrogens is 4. The van der Waals surface area contributed by atoms with Gasteiger partial charge in [-0.3, -0.25) is 14.3 Å². The van der Waals surface area contributed by atoms with Gasteiger partial charge in [-0.25, -0.2) is 19.8 Å². The van der Waals surface area contributed by atoms with E-state index in [9.17, 15) is 9.59 Å². The number of nitrogens with one attached hydrogen (secondary N) is 1. The first kappa shape index (κ1) is 16.6. The van der Waals surface area contributed by atoms with Gasteiger partial charge in [-0.15, -0.1) is 6.58 Å². The zero-order valence-corrected chi connectivity index (χ0v) is 14.3. The molecule has 8 nitrogen and oxygen atoms in total. The van der Waals surface area contributed by atoms with Gasteiger partial charge in [0.1, 0.15) is 0 Å². The maximum atomic E-state index is 12.5. The number of hydrogen-bond donors (Lipinski definition) is 1. The van der Waals surface area contributed by atoms with Gasteiger partial charge in [0.05, 0.1) is 23.1 Å². The highest BCUT2D eigenvalue weighted by Crippen LogP contribution is 2.24. The Kier molecular flexibility index (Phi) is 4.18. The van der Waals surface area contributed by atoms with E-state index >= 15 is 0 Å². The van der Waals surface area contributed by atoms with Gasteiger partial charge in [0.15, 0.2) is 11.2 Å². The SMILES string of the molecule is C=CCn1c(=O)[nH]c2nc3cc(N=CN(C)C)c(C)cc3nc2c1=O. The summed E-state index contributed by atoms with van der Waals surface area (Å²) in [5, 5.41) is 0. The first-order valence-corrected chi connectivity index (χ1v) is 7.67. The Balaban J connectivity index is 2.29. The molecule has 2 aromatic heterocycles. The Hall–Kier alpha value is -3.29. The minimum atomic E-state index is -0.538. The van der Waals surface area contributed by atoms with E-state index in [1.165, 1.54) is 6.08 Å². The van der Waals surface area contributed by atoms with Crippen molar-refractivity contribution in [3.63, 3.8) is 0 Å². The van der Waals surface area contributed by atoms with Crippen molar-refractivity contribution in [1.29, 1.82) is 0 Å². The molecule has 0 fully saturated rings. The molecule has 3 rings (SSSR count). The largest absolute Gasteiger partial charge is 0.369 e. The zero-order valence-electron chi connectivity index (χ0n) is 14.3. The molecule has 0 radical (unpaired) electrons. The molecule has 0 spiro atoms. The highest BCUT2D eigenvalue weighted by molar-refractivity contribution is 5.87. The van der Waals surface area contributed by atoms with E-state index in [0.29, 0.717) is 11.0 Å². The lowest BCUT2D eigenvalue weighted by molar-refractivity contribution is 0.643. The molecule has 0 unspecified atom stereocenters. The Morgan fingerprint density at radius 3 is 2.68 bits per heavy atom.